The first-order valence-electron chi connectivity index (χ1n) is 8.77. The van der Waals surface area contributed by atoms with Crippen molar-refractivity contribution in [3.8, 4) is 11.3 Å². The molecule has 0 aliphatic heterocycles. The number of amides is 2. The molecule has 29 heavy (non-hydrogen) atoms. The molecule has 1 atom stereocenters. The Hall–Kier alpha value is -3.81. The number of nitrogens with zero attached hydrogens (tertiary/aromatic N) is 1. The summed E-state index contributed by atoms with van der Waals surface area (Å²) >= 11 is 0. The summed E-state index contributed by atoms with van der Waals surface area (Å²) in [6.45, 7) is 1.58. The highest BCUT2D eigenvalue weighted by atomic mass is 19.1. The summed E-state index contributed by atoms with van der Waals surface area (Å²) < 4.78 is 19.5. The zero-order valence-corrected chi connectivity index (χ0v) is 15.5. The number of aromatic nitrogens is 1. The number of ketones is 1. The number of halogens is 1. The number of carbonyl (C=O) groups is 3. The lowest BCUT2D eigenvalue weighted by molar-refractivity contribution is -0.137. The minimum Gasteiger partial charge on any atom is -0.363 e. The van der Waals surface area contributed by atoms with Crippen LogP contribution in [0.15, 0.2) is 59.3 Å². The van der Waals surface area contributed by atoms with Crippen LogP contribution in [0.5, 0.6) is 0 Å². The van der Waals surface area contributed by atoms with E-state index in [1.807, 2.05) is 0 Å². The molecule has 1 heterocycles. The zero-order valence-electron chi connectivity index (χ0n) is 15.5. The Morgan fingerprint density at radius 2 is 1.86 bits per heavy atom. The number of benzene rings is 2. The molecular weight excluding hydrogens is 377 g/mol. The molecule has 7 nitrogen and oxygen atoms in total. The van der Waals surface area contributed by atoms with Crippen LogP contribution in [0, 0.1) is 12.7 Å². The van der Waals surface area contributed by atoms with Crippen LogP contribution in [0.2, 0.25) is 0 Å². The van der Waals surface area contributed by atoms with E-state index in [1.165, 1.54) is 6.07 Å². The standard InChI is InChI=1S/C21H18FN3O4/c1-12-6-5-9-14(17(12)22)19-15(11-24-29-19)21(28)25-16(18(26)20(23)27)10-13-7-3-2-4-8-13/h2-9,11,16H,10H2,1H3,(H2,23,27)(H,25,28). The van der Waals surface area contributed by atoms with Gasteiger partial charge in [-0.2, -0.15) is 0 Å². The number of carbonyl (C=O) groups excluding carboxylic acids is 3. The molecule has 2 aromatic carbocycles. The third kappa shape index (κ3) is 4.37. The van der Waals surface area contributed by atoms with Gasteiger partial charge in [-0.15, -0.1) is 0 Å². The van der Waals surface area contributed by atoms with Gasteiger partial charge in [0.15, 0.2) is 5.76 Å². The molecule has 0 saturated heterocycles. The lowest BCUT2D eigenvalue weighted by Crippen LogP contribution is -2.47. The van der Waals surface area contributed by atoms with E-state index in [0.717, 1.165) is 11.8 Å². The minimum atomic E-state index is -1.19. The smallest absolute Gasteiger partial charge is 0.287 e. The van der Waals surface area contributed by atoms with Crippen molar-refractivity contribution < 1.29 is 23.3 Å². The van der Waals surface area contributed by atoms with Gasteiger partial charge in [-0.3, -0.25) is 14.4 Å². The van der Waals surface area contributed by atoms with Crippen LogP contribution < -0.4 is 11.1 Å². The van der Waals surface area contributed by atoms with Crippen molar-refractivity contribution in [2.24, 2.45) is 5.73 Å². The van der Waals surface area contributed by atoms with Gasteiger partial charge in [0.2, 0.25) is 5.78 Å². The fraction of sp³-hybridized carbons (Fsp3) is 0.143. The van der Waals surface area contributed by atoms with E-state index in [4.69, 9.17) is 10.3 Å². The summed E-state index contributed by atoms with van der Waals surface area (Å²) in [5, 5.41) is 6.06. The summed E-state index contributed by atoms with van der Waals surface area (Å²) in [4.78, 5) is 36.4. The number of aryl methyl sites for hydroxylation is 1. The van der Waals surface area contributed by atoms with Crippen molar-refractivity contribution in [1.29, 1.82) is 0 Å². The van der Waals surface area contributed by atoms with Gasteiger partial charge < -0.3 is 15.6 Å². The van der Waals surface area contributed by atoms with Crippen LogP contribution in [0.3, 0.4) is 0 Å². The van der Waals surface area contributed by atoms with Crippen LogP contribution in [0.25, 0.3) is 11.3 Å². The number of hydrogen-bond donors (Lipinski definition) is 2. The number of nitrogens with two attached hydrogens (primary N) is 1. The maximum atomic E-state index is 14.5. The zero-order chi connectivity index (χ0) is 21.0. The van der Waals surface area contributed by atoms with Gasteiger partial charge >= 0.3 is 0 Å². The molecule has 2 amide bonds. The Labute approximate surface area is 165 Å². The number of nitrogens with one attached hydrogen (secondary N) is 1. The Morgan fingerprint density at radius 3 is 2.55 bits per heavy atom. The van der Waals surface area contributed by atoms with E-state index in [2.05, 4.69) is 10.5 Å². The van der Waals surface area contributed by atoms with Crippen molar-refractivity contribution in [2.45, 2.75) is 19.4 Å². The highest BCUT2D eigenvalue weighted by Crippen LogP contribution is 2.28. The molecule has 0 bridgehead atoms. The molecule has 1 aromatic heterocycles. The number of Topliss-reactive ketones (excluding diaryl/α,β-unsaturated/α-hetero) is 1. The van der Waals surface area contributed by atoms with Gasteiger partial charge in [-0.05, 0) is 24.1 Å². The molecule has 0 aliphatic rings. The monoisotopic (exact) mass is 395 g/mol. The van der Waals surface area contributed by atoms with Crippen molar-refractivity contribution in [1.82, 2.24) is 10.5 Å². The second-order valence-electron chi connectivity index (χ2n) is 6.45. The van der Waals surface area contributed by atoms with Crippen LogP contribution in [0.4, 0.5) is 4.39 Å². The quantitative estimate of drug-likeness (QED) is 0.595. The van der Waals surface area contributed by atoms with E-state index in [-0.39, 0.29) is 23.3 Å². The Morgan fingerprint density at radius 1 is 1.14 bits per heavy atom. The molecule has 0 fully saturated rings. The molecule has 0 saturated carbocycles. The Bertz CT molecular complexity index is 1060. The van der Waals surface area contributed by atoms with E-state index >= 15 is 0 Å². The van der Waals surface area contributed by atoms with E-state index in [1.54, 1.807) is 49.4 Å². The summed E-state index contributed by atoms with van der Waals surface area (Å²) in [6, 6.07) is 12.3. The second-order valence-corrected chi connectivity index (χ2v) is 6.45. The molecule has 3 N–H and O–H groups in total. The normalized spacial score (nSPS) is 11.7. The van der Waals surface area contributed by atoms with Crippen LogP contribution in [0.1, 0.15) is 21.5 Å². The van der Waals surface area contributed by atoms with Crippen LogP contribution in [-0.2, 0) is 16.0 Å². The average molecular weight is 395 g/mol. The van der Waals surface area contributed by atoms with E-state index < -0.39 is 29.5 Å². The predicted octanol–water partition coefficient (Wildman–Crippen LogP) is 2.18. The highest BCUT2D eigenvalue weighted by molar-refractivity contribution is 6.38. The molecule has 0 aliphatic carbocycles. The van der Waals surface area contributed by atoms with Gasteiger partial charge in [0.1, 0.15) is 17.4 Å². The van der Waals surface area contributed by atoms with Crippen molar-refractivity contribution in [3.63, 3.8) is 0 Å². The van der Waals surface area contributed by atoms with Gasteiger partial charge in [0, 0.05) is 6.42 Å². The fourth-order valence-electron chi connectivity index (χ4n) is 2.89. The topological polar surface area (TPSA) is 115 Å². The molecule has 8 heteroatoms. The molecule has 0 spiro atoms. The summed E-state index contributed by atoms with van der Waals surface area (Å²) in [5.41, 5.74) is 6.22. The maximum Gasteiger partial charge on any atom is 0.287 e. The van der Waals surface area contributed by atoms with Crippen LogP contribution >= 0.6 is 0 Å². The number of primary amides is 1. The van der Waals surface area contributed by atoms with Gasteiger partial charge in [0.25, 0.3) is 11.8 Å². The van der Waals surface area contributed by atoms with Crippen molar-refractivity contribution in [3.05, 3.63) is 77.2 Å². The average Bonchev–Trinajstić information content (AvgIpc) is 3.19. The third-order valence-corrected chi connectivity index (χ3v) is 4.40. The molecule has 3 aromatic rings. The summed E-state index contributed by atoms with van der Waals surface area (Å²) in [6.07, 6.45) is 1.19. The molecule has 3 rings (SSSR count). The molecule has 0 radical (unpaired) electrons. The Balaban J connectivity index is 1.89. The lowest BCUT2D eigenvalue weighted by Gasteiger charge is -2.16. The van der Waals surface area contributed by atoms with Crippen LogP contribution in [-0.4, -0.2) is 28.8 Å². The third-order valence-electron chi connectivity index (χ3n) is 4.40. The number of rotatable bonds is 7. The first kappa shape index (κ1) is 19.9. The summed E-state index contributed by atoms with van der Waals surface area (Å²) in [7, 11) is 0. The molecular formula is C21H18FN3O4. The molecule has 1 unspecified atom stereocenters. The van der Waals surface area contributed by atoms with Gasteiger partial charge in [-0.1, -0.05) is 47.6 Å². The van der Waals surface area contributed by atoms with Crippen molar-refractivity contribution >= 4 is 17.6 Å². The van der Waals surface area contributed by atoms with Gasteiger partial charge in [0.05, 0.1) is 11.8 Å². The van der Waals surface area contributed by atoms with Gasteiger partial charge in [-0.25, -0.2) is 4.39 Å². The molecule has 148 valence electrons. The van der Waals surface area contributed by atoms with E-state index in [0.29, 0.717) is 5.56 Å². The second kappa shape index (κ2) is 8.47. The fourth-order valence-corrected chi connectivity index (χ4v) is 2.89. The van der Waals surface area contributed by atoms with Crippen molar-refractivity contribution in [2.75, 3.05) is 0 Å². The SMILES string of the molecule is Cc1cccc(-c2oncc2C(=O)NC(Cc2ccccc2)C(=O)C(N)=O)c1F. The first-order chi connectivity index (χ1) is 13.9. The predicted molar refractivity (Wildman–Crippen MR) is 102 cm³/mol. The van der Waals surface area contributed by atoms with E-state index in [9.17, 15) is 18.8 Å². The Kier molecular flexibility index (Phi) is 5.82. The number of hydrogen-bond acceptors (Lipinski definition) is 5. The largest absolute Gasteiger partial charge is 0.363 e. The highest BCUT2D eigenvalue weighted by Gasteiger charge is 2.28. The first-order valence-corrected chi connectivity index (χ1v) is 8.77. The minimum absolute atomic E-state index is 0.0633. The summed E-state index contributed by atoms with van der Waals surface area (Å²) in [5.74, 6) is -3.47. The maximum absolute atomic E-state index is 14.5. The lowest BCUT2D eigenvalue weighted by atomic mass is 10.0.